The minimum atomic E-state index is -0.409. The van der Waals surface area contributed by atoms with Gasteiger partial charge in [-0.2, -0.15) is 0 Å². The number of hydrogen-bond acceptors (Lipinski definition) is 2. The van der Waals surface area contributed by atoms with Gasteiger partial charge in [-0.3, -0.25) is 4.90 Å². The van der Waals surface area contributed by atoms with Crippen molar-refractivity contribution >= 4 is 6.03 Å². The number of nitrogens with zero attached hydrogens (tertiary/aromatic N) is 1. The molecule has 4 heteroatoms. The number of rotatable bonds is 2. The van der Waals surface area contributed by atoms with Crippen molar-refractivity contribution in [2.45, 2.75) is 19.1 Å². The summed E-state index contributed by atoms with van der Waals surface area (Å²) in [5.74, 6) is 0.774. The Morgan fingerprint density at radius 1 is 1.40 bits per heavy atom. The van der Waals surface area contributed by atoms with Gasteiger partial charge in [0.1, 0.15) is 5.75 Å². The van der Waals surface area contributed by atoms with Gasteiger partial charge in [-0.1, -0.05) is 18.2 Å². The van der Waals surface area contributed by atoms with Crippen LogP contribution in [0.1, 0.15) is 12.8 Å². The normalized spacial score (nSPS) is 20.3. The van der Waals surface area contributed by atoms with Crippen molar-refractivity contribution in [2.24, 2.45) is 5.73 Å². The zero-order valence-corrected chi connectivity index (χ0v) is 8.43. The number of ether oxygens (including phenoxy) is 1. The summed E-state index contributed by atoms with van der Waals surface area (Å²) in [4.78, 5) is 12.6. The number of carbonyl (C=O) groups excluding carboxylic acids is 1. The molecule has 80 valence electrons. The first-order valence-corrected chi connectivity index (χ1v) is 5.05. The SMILES string of the molecule is NC(=O)N1CCCC1Oc1ccccc1. The number of benzene rings is 1. The van der Waals surface area contributed by atoms with Gasteiger partial charge in [0.15, 0.2) is 6.23 Å². The molecule has 4 nitrogen and oxygen atoms in total. The third kappa shape index (κ3) is 2.21. The van der Waals surface area contributed by atoms with E-state index in [9.17, 15) is 4.79 Å². The van der Waals surface area contributed by atoms with E-state index in [1.807, 2.05) is 30.3 Å². The molecule has 0 saturated carbocycles. The van der Waals surface area contributed by atoms with E-state index in [0.717, 1.165) is 18.6 Å². The number of hydrogen-bond donors (Lipinski definition) is 1. The van der Waals surface area contributed by atoms with Crippen LogP contribution in [0.3, 0.4) is 0 Å². The average molecular weight is 206 g/mol. The molecule has 15 heavy (non-hydrogen) atoms. The summed E-state index contributed by atoms with van der Waals surface area (Å²) in [7, 11) is 0. The molecule has 0 bridgehead atoms. The van der Waals surface area contributed by atoms with E-state index in [1.165, 1.54) is 0 Å². The molecule has 1 aromatic carbocycles. The summed E-state index contributed by atoms with van der Waals surface area (Å²) in [6.45, 7) is 0.687. The molecule has 2 amide bonds. The summed E-state index contributed by atoms with van der Waals surface area (Å²) in [6.07, 6.45) is 1.59. The molecule has 0 aliphatic carbocycles. The Kier molecular flexibility index (Phi) is 2.76. The minimum Gasteiger partial charge on any atom is -0.470 e. The first-order chi connectivity index (χ1) is 7.27. The van der Waals surface area contributed by atoms with Crippen molar-refractivity contribution in [3.05, 3.63) is 30.3 Å². The maximum atomic E-state index is 11.1. The third-order valence-corrected chi connectivity index (χ3v) is 2.50. The molecule has 1 aliphatic heterocycles. The van der Waals surface area contributed by atoms with Gasteiger partial charge in [0.25, 0.3) is 0 Å². The summed E-state index contributed by atoms with van der Waals surface area (Å²) in [5.41, 5.74) is 5.25. The van der Waals surface area contributed by atoms with E-state index >= 15 is 0 Å². The fourth-order valence-electron chi connectivity index (χ4n) is 1.77. The Hall–Kier alpha value is -1.71. The van der Waals surface area contributed by atoms with Gasteiger partial charge < -0.3 is 10.5 Å². The second kappa shape index (κ2) is 4.21. The predicted molar refractivity (Wildman–Crippen MR) is 56.4 cm³/mol. The molecule has 0 spiro atoms. The lowest BCUT2D eigenvalue weighted by Gasteiger charge is -2.23. The highest BCUT2D eigenvalue weighted by Gasteiger charge is 2.28. The number of para-hydroxylation sites is 1. The summed E-state index contributed by atoms with van der Waals surface area (Å²) in [5, 5.41) is 0. The monoisotopic (exact) mass is 206 g/mol. The van der Waals surface area contributed by atoms with Crippen molar-refractivity contribution in [3.63, 3.8) is 0 Å². The molecule has 1 fully saturated rings. The fraction of sp³-hybridized carbons (Fsp3) is 0.364. The largest absolute Gasteiger partial charge is 0.470 e. The number of carbonyl (C=O) groups is 1. The van der Waals surface area contributed by atoms with Gasteiger partial charge in [0, 0.05) is 13.0 Å². The van der Waals surface area contributed by atoms with Crippen LogP contribution in [0.5, 0.6) is 5.75 Å². The van der Waals surface area contributed by atoms with E-state index in [2.05, 4.69) is 0 Å². The van der Waals surface area contributed by atoms with Crippen LogP contribution in [0.2, 0.25) is 0 Å². The highest BCUT2D eigenvalue weighted by atomic mass is 16.5. The van der Waals surface area contributed by atoms with Crippen molar-refractivity contribution in [1.82, 2.24) is 4.90 Å². The molecule has 1 atom stereocenters. The van der Waals surface area contributed by atoms with E-state index in [1.54, 1.807) is 4.90 Å². The zero-order chi connectivity index (χ0) is 10.7. The molecule has 1 aromatic rings. The van der Waals surface area contributed by atoms with Crippen LogP contribution < -0.4 is 10.5 Å². The third-order valence-electron chi connectivity index (χ3n) is 2.50. The second-order valence-corrected chi connectivity index (χ2v) is 3.56. The average Bonchev–Trinajstić information content (AvgIpc) is 2.67. The lowest BCUT2D eigenvalue weighted by molar-refractivity contribution is 0.0862. The molecule has 1 saturated heterocycles. The lowest BCUT2D eigenvalue weighted by atomic mass is 10.3. The Labute approximate surface area is 88.6 Å². The minimum absolute atomic E-state index is 0.204. The maximum Gasteiger partial charge on any atom is 0.317 e. The standard InChI is InChI=1S/C11H14N2O2/c12-11(14)13-8-4-7-10(13)15-9-5-2-1-3-6-9/h1-3,5-6,10H,4,7-8H2,(H2,12,14). The molecule has 1 heterocycles. The molecule has 0 aromatic heterocycles. The molecule has 1 aliphatic rings. The topological polar surface area (TPSA) is 55.6 Å². The number of primary amides is 1. The molecule has 1 unspecified atom stereocenters. The van der Waals surface area contributed by atoms with Gasteiger partial charge >= 0.3 is 6.03 Å². The quantitative estimate of drug-likeness (QED) is 0.798. The van der Waals surface area contributed by atoms with Crippen LogP contribution in [-0.2, 0) is 0 Å². The van der Waals surface area contributed by atoms with E-state index < -0.39 is 6.03 Å². The van der Waals surface area contributed by atoms with Crippen LogP contribution >= 0.6 is 0 Å². The van der Waals surface area contributed by atoms with Crippen molar-refractivity contribution in [2.75, 3.05) is 6.54 Å². The Morgan fingerprint density at radius 2 is 2.13 bits per heavy atom. The van der Waals surface area contributed by atoms with E-state index in [-0.39, 0.29) is 6.23 Å². The van der Waals surface area contributed by atoms with Crippen LogP contribution in [0.25, 0.3) is 0 Å². The summed E-state index contributed by atoms with van der Waals surface area (Å²) in [6, 6.07) is 9.06. The second-order valence-electron chi connectivity index (χ2n) is 3.56. The molecular weight excluding hydrogens is 192 g/mol. The maximum absolute atomic E-state index is 11.1. The van der Waals surface area contributed by atoms with E-state index in [4.69, 9.17) is 10.5 Å². The first-order valence-electron chi connectivity index (χ1n) is 5.05. The lowest BCUT2D eigenvalue weighted by Crippen LogP contribution is -2.42. The van der Waals surface area contributed by atoms with Crippen molar-refractivity contribution in [1.29, 1.82) is 0 Å². The number of urea groups is 1. The summed E-state index contributed by atoms with van der Waals surface area (Å²) >= 11 is 0. The fourth-order valence-corrected chi connectivity index (χ4v) is 1.77. The van der Waals surface area contributed by atoms with Gasteiger partial charge in [0.2, 0.25) is 0 Å². The van der Waals surface area contributed by atoms with Gasteiger partial charge in [-0.05, 0) is 18.6 Å². The number of likely N-dealkylation sites (tertiary alicyclic amines) is 1. The number of nitrogens with two attached hydrogens (primary N) is 1. The van der Waals surface area contributed by atoms with Crippen LogP contribution in [-0.4, -0.2) is 23.7 Å². The van der Waals surface area contributed by atoms with Crippen LogP contribution in [0.15, 0.2) is 30.3 Å². The first kappa shape index (κ1) is 9.83. The predicted octanol–water partition coefficient (Wildman–Crippen LogP) is 1.57. The highest BCUT2D eigenvalue weighted by Crippen LogP contribution is 2.21. The van der Waals surface area contributed by atoms with Crippen molar-refractivity contribution < 1.29 is 9.53 Å². The van der Waals surface area contributed by atoms with Crippen LogP contribution in [0, 0.1) is 0 Å². The highest BCUT2D eigenvalue weighted by molar-refractivity contribution is 5.72. The smallest absolute Gasteiger partial charge is 0.317 e. The number of amides is 2. The Bertz CT molecular complexity index is 340. The van der Waals surface area contributed by atoms with Gasteiger partial charge in [0.05, 0.1) is 0 Å². The Balaban J connectivity index is 2.03. The van der Waals surface area contributed by atoms with Crippen LogP contribution in [0.4, 0.5) is 4.79 Å². The molecule has 2 N–H and O–H groups in total. The molecule has 2 rings (SSSR count). The molecule has 0 radical (unpaired) electrons. The zero-order valence-electron chi connectivity index (χ0n) is 8.43. The van der Waals surface area contributed by atoms with Gasteiger partial charge in [-0.15, -0.1) is 0 Å². The van der Waals surface area contributed by atoms with Crippen molar-refractivity contribution in [3.8, 4) is 5.75 Å². The Morgan fingerprint density at radius 3 is 2.80 bits per heavy atom. The van der Waals surface area contributed by atoms with E-state index in [0.29, 0.717) is 6.54 Å². The summed E-state index contributed by atoms with van der Waals surface area (Å²) < 4.78 is 5.67. The van der Waals surface area contributed by atoms with Gasteiger partial charge in [-0.25, -0.2) is 4.79 Å². The molecular formula is C11H14N2O2.